The Hall–Kier alpha value is -3.10. The summed E-state index contributed by atoms with van der Waals surface area (Å²) >= 11 is 0. The lowest BCUT2D eigenvalue weighted by Gasteiger charge is -2.13. The van der Waals surface area contributed by atoms with Crippen molar-refractivity contribution in [2.75, 3.05) is 0 Å². The number of aromatic nitrogens is 7. The molecule has 9 heteroatoms. The first kappa shape index (κ1) is 17.3. The zero-order valence-electron chi connectivity index (χ0n) is 15.0. The molecule has 2 aromatic heterocycles. The summed E-state index contributed by atoms with van der Waals surface area (Å²) in [6.07, 6.45) is 5.30. The van der Waals surface area contributed by atoms with Gasteiger partial charge in [-0.25, -0.2) is 4.68 Å². The van der Waals surface area contributed by atoms with Crippen LogP contribution in [0, 0.1) is 0 Å². The first-order chi connectivity index (χ1) is 13.3. The fraction of sp³-hybridized carbons (Fsp3) is 0.444. The third-order valence-corrected chi connectivity index (χ3v) is 4.90. The number of hydrogen-bond acceptors (Lipinski definition) is 6. The van der Waals surface area contributed by atoms with Gasteiger partial charge < -0.3 is 9.88 Å². The molecule has 0 saturated carbocycles. The lowest BCUT2D eigenvalue weighted by molar-refractivity contribution is -0.123. The van der Waals surface area contributed by atoms with E-state index < -0.39 is 0 Å². The molecule has 0 spiro atoms. The van der Waals surface area contributed by atoms with Crippen molar-refractivity contribution in [3.63, 3.8) is 0 Å². The van der Waals surface area contributed by atoms with Gasteiger partial charge in [-0.3, -0.25) is 4.79 Å². The molecular weight excluding hydrogens is 344 g/mol. The molecule has 1 unspecified atom stereocenters. The number of nitrogens with zero attached hydrogens (tertiary/aromatic N) is 7. The summed E-state index contributed by atoms with van der Waals surface area (Å²) in [6.45, 7) is 1.87. The quantitative estimate of drug-likeness (QED) is 0.700. The highest BCUT2D eigenvalue weighted by atomic mass is 16.2. The molecule has 27 heavy (non-hydrogen) atoms. The molecule has 1 aliphatic rings. The summed E-state index contributed by atoms with van der Waals surface area (Å²) in [5.74, 6) is 1.01. The second-order valence-electron chi connectivity index (χ2n) is 6.70. The van der Waals surface area contributed by atoms with Gasteiger partial charge in [0.05, 0.1) is 12.5 Å². The summed E-state index contributed by atoms with van der Waals surface area (Å²) in [6, 6.07) is 10.3. The Labute approximate surface area is 156 Å². The van der Waals surface area contributed by atoms with Crippen LogP contribution in [-0.2, 0) is 30.8 Å². The second-order valence-corrected chi connectivity index (χ2v) is 6.70. The van der Waals surface area contributed by atoms with Crippen LogP contribution in [-0.4, -0.2) is 40.9 Å². The van der Waals surface area contributed by atoms with Crippen LogP contribution in [0.4, 0.5) is 0 Å². The molecule has 9 nitrogen and oxygen atoms in total. The lowest BCUT2D eigenvalue weighted by Crippen LogP contribution is -2.31. The number of tetrazole rings is 1. The van der Waals surface area contributed by atoms with Gasteiger partial charge in [0.15, 0.2) is 11.6 Å². The molecule has 3 heterocycles. The van der Waals surface area contributed by atoms with Crippen molar-refractivity contribution in [2.24, 2.45) is 0 Å². The Morgan fingerprint density at radius 2 is 2.07 bits per heavy atom. The van der Waals surface area contributed by atoms with Gasteiger partial charge in [0.1, 0.15) is 6.33 Å². The summed E-state index contributed by atoms with van der Waals surface area (Å²) in [5.41, 5.74) is 1.26. The fourth-order valence-corrected chi connectivity index (χ4v) is 3.39. The average Bonchev–Trinajstić information content (AvgIpc) is 3.30. The maximum atomic E-state index is 12.7. The number of carbonyl (C=O) groups is 1. The van der Waals surface area contributed by atoms with Crippen LogP contribution >= 0.6 is 0 Å². The summed E-state index contributed by atoms with van der Waals surface area (Å²) < 4.78 is 3.71. The number of carbonyl (C=O) groups excluding carboxylic acids is 1. The third kappa shape index (κ3) is 4.02. The number of nitrogens with one attached hydrogen (secondary N) is 1. The summed E-state index contributed by atoms with van der Waals surface area (Å²) in [5, 5.41) is 22.9. The van der Waals surface area contributed by atoms with Gasteiger partial charge in [0, 0.05) is 13.1 Å². The van der Waals surface area contributed by atoms with E-state index in [0.717, 1.165) is 44.6 Å². The zero-order chi connectivity index (χ0) is 18.5. The summed E-state index contributed by atoms with van der Waals surface area (Å²) in [4.78, 5) is 12.7. The van der Waals surface area contributed by atoms with Gasteiger partial charge in [0.25, 0.3) is 0 Å². The molecule has 3 aromatic rings. The minimum atomic E-state index is -0.316. The standard InChI is InChI=1S/C18H22N8O/c27-18(15-8-4-5-10-26-17(15)22-23-24-26)19-12-16-21-20-13-25(16)11-9-14-6-2-1-3-7-14/h1-3,6-7,13,15H,4-5,8-12H2,(H,19,27). The Bertz CT molecular complexity index is 888. The predicted octanol–water partition coefficient (Wildman–Crippen LogP) is 1.09. The monoisotopic (exact) mass is 366 g/mol. The number of aryl methyl sites for hydroxylation is 3. The number of rotatable bonds is 6. The largest absolute Gasteiger partial charge is 0.348 e. The van der Waals surface area contributed by atoms with E-state index in [1.807, 2.05) is 22.8 Å². The molecular formula is C18H22N8O. The van der Waals surface area contributed by atoms with Crippen molar-refractivity contribution >= 4 is 5.91 Å². The van der Waals surface area contributed by atoms with E-state index in [1.165, 1.54) is 5.56 Å². The van der Waals surface area contributed by atoms with Gasteiger partial charge >= 0.3 is 0 Å². The number of amides is 1. The molecule has 0 saturated heterocycles. The van der Waals surface area contributed by atoms with E-state index in [9.17, 15) is 4.79 Å². The smallest absolute Gasteiger partial charge is 0.231 e. The van der Waals surface area contributed by atoms with E-state index in [2.05, 4.69) is 43.2 Å². The molecule has 1 aromatic carbocycles. The van der Waals surface area contributed by atoms with E-state index >= 15 is 0 Å². The molecule has 1 atom stereocenters. The van der Waals surface area contributed by atoms with Crippen molar-refractivity contribution in [1.82, 2.24) is 40.3 Å². The first-order valence-corrected chi connectivity index (χ1v) is 9.25. The van der Waals surface area contributed by atoms with Crippen molar-refractivity contribution in [3.8, 4) is 0 Å². The molecule has 0 bridgehead atoms. The lowest BCUT2D eigenvalue weighted by atomic mass is 10.0. The molecule has 140 valence electrons. The maximum Gasteiger partial charge on any atom is 0.231 e. The number of fused-ring (bicyclic) bond motifs is 1. The topological polar surface area (TPSA) is 103 Å². The van der Waals surface area contributed by atoms with Crippen LogP contribution in [0.5, 0.6) is 0 Å². The highest BCUT2D eigenvalue weighted by Gasteiger charge is 2.28. The van der Waals surface area contributed by atoms with Crippen LogP contribution in [0.2, 0.25) is 0 Å². The second kappa shape index (κ2) is 8.07. The third-order valence-electron chi connectivity index (χ3n) is 4.90. The highest BCUT2D eigenvalue weighted by molar-refractivity contribution is 5.82. The highest BCUT2D eigenvalue weighted by Crippen LogP contribution is 2.24. The molecule has 1 amide bonds. The molecule has 1 aliphatic heterocycles. The Morgan fingerprint density at radius 3 is 2.96 bits per heavy atom. The average molecular weight is 366 g/mol. The van der Waals surface area contributed by atoms with E-state index in [-0.39, 0.29) is 11.8 Å². The van der Waals surface area contributed by atoms with Gasteiger partial charge in [-0.1, -0.05) is 36.8 Å². The van der Waals surface area contributed by atoms with Gasteiger partial charge in [-0.15, -0.1) is 15.3 Å². The minimum absolute atomic E-state index is 0.0643. The maximum absolute atomic E-state index is 12.7. The molecule has 0 fully saturated rings. The normalized spacial score (nSPS) is 16.5. The van der Waals surface area contributed by atoms with Crippen molar-refractivity contribution in [2.45, 2.75) is 51.2 Å². The van der Waals surface area contributed by atoms with Crippen LogP contribution < -0.4 is 5.32 Å². The molecule has 1 N–H and O–H groups in total. The van der Waals surface area contributed by atoms with Crippen LogP contribution in [0.1, 0.15) is 42.4 Å². The fourth-order valence-electron chi connectivity index (χ4n) is 3.39. The minimum Gasteiger partial charge on any atom is -0.348 e. The van der Waals surface area contributed by atoms with Gasteiger partial charge in [0.2, 0.25) is 5.91 Å². The zero-order valence-corrected chi connectivity index (χ0v) is 15.0. The van der Waals surface area contributed by atoms with E-state index in [1.54, 1.807) is 11.0 Å². The Balaban J connectivity index is 1.37. The van der Waals surface area contributed by atoms with Crippen LogP contribution in [0.3, 0.4) is 0 Å². The van der Waals surface area contributed by atoms with Crippen molar-refractivity contribution < 1.29 is 4.79 Å². The van der Waals surface area contributed by atoms with Gasteiger partial charge in [-0.2, -0.15) is 0 Å². The molecule has 4 rings (SSSR count). The molecule has 0 radical (unpaired) electrons. The number of benzene rings is 1. The SMILES string of the molecule is O=C(NCc1nncn1CCc1ccccc1)C1CCCCn2nnnc21. The van der Waals surface area contributed by atoms with Crippen molar-refractivity contribution in [3.05, 3.63) is 53.9 Å². The van der Waals surface area contributed by atoms with E-state index in [0.29, 0.717) is 12.4 Å². The van der Waals surface area contributed by atoms with Crippen LogP contribution in [0.15, 0.2) is 36.7 Å². The number of hydrogen-bond donors (Lipinski definition) is 1. The van der Waals surface area contributed by atoms with Crippen molar-refractivity contribution in [1.29, 1.82) is 0 Å². The molecule has 0 aliphatic carbocycles. The predicted molar refractivity (Wildman–Crippen MR) is 96.4 cm³/mol. The Morgan fingerprint density at radius 1 is 1.19 bits per heavy atom. The van der Waals surface area contributed by atoms with Gasteiger partial charge in [-0.05, 0) is 35.3 Å². The first-order valence-electron chi connectivity index (χ1n) is 9.25. The summed E-state index contributed by atoms with van der Waals surface area (Å²) in [7, 11) is 0. The van der Waals surface area contributed by atoms with Crippen LogP contribution in [0.25, 0.3) is 0 Å². The van der Waals surface area contributed by atoms with E-state index in [4.69, 9.17) is 0 Å². The Kier molecular flexibility index (Phi) is 5.17.